The molecule has 1 saturated heterocycles. The molecule has 162 valence electrons. The number of aromatic nitrogens is 4. The largest absolute Gasteiger partial charge is 0.495 e. The molecule has 7 nitrogen and oxygen atoms in total. The van der Waals surface area contributed by atoms with E-state index >= 15 is 0 Å². The number of fused-ring (bicyclic) bond motifs is 1. The maximum absolute atomic E-state index is 11.8. The van der Waals surface area contributed by atoms with Crippen LogP contribution in [0.4, 0.5) is 25.1 Å². The number of alkyl halides is 3. The van der Waals surface area contributed by atoms with Crippen LogP contribution in [0.25, 0.3) is 11.0 Å². The van der Waals surface area contributed by atoms with Crippen molar-refractivity contribution < 1.29 is 17.9 Å². The lowest BCUT2D eigenvalue weighted by Gasteiger charge is -2.27. The van der Waals surface area contributed by atoms with Gasteiger partial charge in [-0.25, -0.2) is 15.0 Å². The van der Waals surface area contributed by atoms with Crippen molar-refractivity contribution >= 4 is 38.9 Å². The average Bonchev–Trinajstić information content (AvgIpc) is 3.03. The Labute approximate surface area is 180 Å². The van der Waals surface area contributed by atoms with Crippen LogP contribution in [0.15, 0.2) is 29.0 Å². The topological polar surface area (TPSA) is 82.1 Å². The Morgan fingerprint density at radius 2 is 1.73 bits per heavy atom. The molecule has 3 aromatic rings. The number of hydrogen-bond donors (Lipinski definition) is 1. The Hall–Kier alpha value is -2.56. The molecule has 11 heteroatoms. The summed E-state index contributed by atoms with van der Waals surface area (Å²) < 4.78 is 43.9. The predicted octanol–water partition coefficient (Wildman–Crippen LogP) is 4.41. The zero-order valence-corrected chi connectivity index (χ0v) is 18.2. The van der Waals surface area contributed by atoms with Crippen molar-refractivity contribution in [3.8, 4) is 5.75 Å². The number of nitrogen functional groups attached to an aromatic ring is 1. The number of rotatable bonds is 2. The van der Waals surface area contributed by atoms with Crippen LogP contribution >= 0.6 is 15.9 Å². The quantitative estimate of drug-likeness (QED) is 0.577. The molecule has 1 aromatic carbocycles. The van der Waals surface area contributed by atoms with Crippen molar-refractivity contribution in [1.29, 1.82) is 0 Å². The van der Waals surface area contributed by atoms with Crippen LogP contribution in [0.3, 0.4) is 0 Å². The molecular formula is C19H22BrF3N6O. The van der Waals surface area contributed by atoms with Crippen LogP contribution in [0.5, 0.6) is 5.75 Å². The molecule has 2 aromatic heterocycles. The number of piperidine rings is 1. The summed E-state index contributed by atoms with van der Waals surface area (Å²) in [5, 5.41) is 0. The molecule has 0 radical (unpaired) electrons. The van der Waals surface area contributed by atoms with Crippen molar-refractivity contribution in [3.05, 3.63) is 34.6 Å². The highest BCUT2D eigenvalue weighted by Gasteiger charge is 2.31. The molecule has 0 spiro atoms. The fraction of sp³-hybridized carbons (Fsp3) is 0.421. The molecule has 4 rings (SSSR count). The summed E-state index contributed by atoms with van der Waals surface area (Å²) in [6.07, 6.45) is 0.741. The van der Waals surface area contributed by atoms with Crippen LogP contribution in [-0.4, -0.2) is 39.7 Å². The first-order chi connectivity index (χ1) is 14.2. The first kappa shape index (κ1) is 22.1. The van der Waals surface area contributed by atoms with E-state index in [4.69, 9.17) is 15.5 Å². The number of halogens is 4. The van der Waals surface area contributed by atoms with Crippen LogP contribution in [0.1, 0.15) is 24.8 Å². The highest BCUT2D eigenvalue weighted by atomic mass is 79.9. The summed E-state index contributed by atoms with van der Waals surface area (Å²) in [5.41, 5.74) is 6.21. The Kier molecular flexibility index (Phi) is 6.69. The minimum Gasteiger partial charge on any atom is -0.495 e. The van der Waals surface area contributed by atoms with E-state index in [1.54, 1.807) is 7.11 Å². The number of aryl methyl sites for hydroxylation is 1. The molecule has 1 aliphatic rings. The lowest BCUT2D eigenvalue weighted by Crippen LogP contribution is -2.31. The lowest BCUT2D eigenvalue weighted by atomic mass is 10.1. The van der Waals surface area contributed by atoms with Crippen molar-refractivity contribution in [1.82, 2.24) is 19.5 Å². The fourth-order valence-corrected chi connectivity index (χ4v) is 3.69. The molecule has 2 N–H and O–H groups in total. The Morgan fingerprint density at radius 3 is 2.30 bits per heavy atom. The number of benzene rings is 1. The molecule has 30 heavy (non-hydrogen) atoms. The van der Waals surface area contributed by atoms with Gasteiger partial charge in [-0.3, -0.25) is 0 Å². The summed E-state index contributed by atoms with van der Waals surface area (Å²) >= 11 is 3.52. The van der Waals surface area contributed by atoms with Gasteiger partial charge in [0.25, 0.3) is 0 Å². The van der Waals surface area contributed by atoms with Crippen LogP contribution in [0, 0.1) is 0 Å². The molecule has 3 heterocycles. The normalized spacial score (nSPS) is 14.4. The van der Waals surface area contributed by atoms with Gasteiger partial charge < -0.3 is 19.9 Å². The first-order valence-electron chi connectivity index (χ1n) is 9.30. The summed E-state index contributed by atoms with van der Waals surface area (Å²) in [5.74, 6) is 1.74. The maximum Gasteiger partial charge on any atom is 0.419 e. The Balaban J connectivity index is 0.000000199. The van der Waals surface area contributed by atoms with E-state index in [1.165, 1.54) is 19.3 Å². The minimum atomic E-state index is -4.40. The van der Waals surface area contributed by atoms with Crippen LogP contribution in [0.2, 0.25) is 0 Å². The minimum absolute atomic E-state index is 0.169. The number of imidazole rings is 1. The summed E-state index contributed by atoms with van der Waals surface area (Å²) in [7, 11) is 3.76. The Bertz CT molecular complexity index is 1000. The van der Waals surface area contributed by atoms with Gasteiger partial charge in [-0.2, -0.15) is 13.2 Å². The molecule has 0 atom stereocenters. The molecule has 0 amide bonds. The van der Waals surface area contributed by atoms with Gasteiger partial charge in [0.1, 0.15) is 5.75 Å². The third kappa shape index (κ3) is 4.94. The van der Waals surface area contributed by atoms with E-state index < -0.39 is 11.7 Å². The third-order valence-corrected chi connectivity index (χ3v) is 5.39. The van der Waals surface area contributed by atoms with Gasteiger partial charge in [0, 0.05) is 38.6 Å². The highest BCUT2D eigenvalue weighted by Crippen LogP contribution is 2.32. The number of ether oxygens (including phenoxy) is 1. The van der Waals surface area contributed by atoms with Gasteiger partial charge in [-0.05, 0) is 41.3 Å². The molecule has 1 aliphatic heterocycles. The van der Waals surface area contributed by atoms with Gasteiger partial charge >= 0.3 is 6.18 Å². The standard InChI is InChI=1S/C14H18BrN3O.C5H4F3N3/c1-17-12-9-13(19-2)10(15)8-11(12)16-14(17)18-6-4-3-5-7-18;6-5(7,8)3-1-10-4(9)11-2-3/h8-9H,3-7H2,1-2H3;1-2H,(H2,9,10,11). The predicted molar refractivity (Wildman–Crippen MR) is 112 cm³/mol. The van der Waals surface area contributed by atoms with Crippen molar-refractivity contribution in [2.24, 2.45) is 7.05 Å². The molecular weight excluding hydrogens is 465 g/mol. The Morgan fingerprint density at radius 1 is 1.10 bits per heavy atom. The second-order valence-corrected chi connectivity index (χ2v) is 7.68. The number of nitrogens with zero attached hydrogens (tertiary/aromatic N) is 5. The maximum atomic E-state index is 11.8. The van der Waals surface area contributed by atoms with Crippen LogP contribution in [-0.2, 0) is 13.2 Å². The third-order valence-electron chi connectivity index (χ3n) is 4.77. The van der Waals surface area contributed by atoms with Gasteiger partial charge in [-0.1, -0.05) is 0 Å². The summed E-state index contributed by atoms with van der Waals surface area (Å²) in [4.78, 5) is 13.5. The summed E-state index contributed by atoms with van der Waals surface area (Å²) in [6.45, 7) is 2.21. The zero-order chi connectivity index (χ0) is 21.9. The van der Waals surface area contributed by atoms with Gasteiger partial charge in [-0.15, -0.1) is 0 Å². The van der Waals surface area contributed by atoms with Gasteiger partial charge in [0.2, 0.25) is 11.9 Å². The smallest absolute Gasteiger partial charge is 0.419 e. The van der Waals surface area contributed by atoms with Gasteiger partial charge in [0.05, 0.1) is 28.2 Å². The van der Waals surface area contributed by atoms with E-state index in [0.717, 1.165) is 40.3 Å². The molecule has 0 aliphatic carbocycles. The van der Waals surface area contributed by atoms with E-state index in [1.807, 2.05) is 12.1 Å². The average molecular weight is 487 g/mol. The fourth-order valence-electron chi connectivity index (χ4n) is 3.20. The summed E-state index contributed by atoms with van der Waals surface area (Å²) in [6, 6.07) is 4.07. The number of hydrogen-bond acceptors (Lipinski definition) is 6. The lowest BCUT2D eigenvalue weighted by molar-refractivity contribution is -0.138. The van der Waals surface area contributed by atoms with Crippen molar-refractivity contribution in [2.75, 3.05) is 30.8 Å². The van der Waals surface area contributed by atoms with Crippen molar-refractivity contribution in [2.45, 2.75) is 25.4 Å². The zero-order valence-electron chi connectivity index (χ0n) is 16.6. The number of anilines is 2. The van der Waals surface area contributed by atoms with Crippen LogP contribution < -0.4 is 15.4 Å². The molecule has 0 saturated carbocycles. The van der Waals surface area contributed by atoms with E-state index in [9.17, 15) is 13.2 Å². The number of nitrogens with two attached hydrogens (primary N) is 1. The van der Waals surface area contributed by atoms with E-state index in [-0.39, 0.29) is 5.95 Å². The second-order valence-electron chi connectivity index (χ2n) is 6.82. The number of methoxy groups -OCH3 is 1. The van der Waals surface area contributed by atoms with E-state index in [2.05, 4.69) is 42.4 Å². The van der Waals surface area contributed by atoms with E-state index in [0.29, 0.717) is 12.4 Å². The first-order valence-corrected chi connectivity index (χ1v) is 10.1. The molecule has 1 fully saturated rings. The molecule has 0 unspecified atom stereocenters. The van der Waals surface area contributed by atoms with Crippen molar-refractivity contribution in [3.63, 3.8) is 0 Å². The molecule has 0 bridgehead atoms. The highest BCUT2D eigenvalue weighted by molar-refractivity contribution is 9.10. The monoisotopic (exact) mass is 486 g/mol. The second kappa shape index (κ2) is 9.07. The SMILES string of the molecule is COc1cc2c(cc1Br)nc(N1CCCCC1)n2C.Nc1ncc(C(F)(F)F)cn1. The van der Waals surface area contributed by atoms with Gasteiger partial charge in [0.15, 0.2) is 0 Å².